The smallest absolute Gasteiger partial charge is 0.407 e. The first-order valence-electron chi connectivity index (χ1n) is 11.6. The van der Waals surface area contributed by atoms with Crippen LogP contribution in [-0.2, 0) is 11.3 Å². The third-order valence-electron chi connectivity index (χ3n) is 6.52. The molecule has 0 saturated carbocycles. The summed E-state index contributed by atoms with van der Waals surface area (Å²) in [6.07, 6.45) is 3.33. The van der Waals surface area contributed by atoms with Crippen molar-refractivity contribution in [2.24, 2.45) is 5.73 Å². The fraction of sp³-hybridized carbons (Fsp3) is 0.435. The van der Waals surface area contributed by atoms with Crippen LogP contribution in [0.1, 0.15) is 30.2 Å². The molecular formula is C23H25F2N7O4. The number of hydrogen-bond donors (Lipinski definition) is 2. The molecule has 2 aromatic heterocycles. The summed E-state index contributed by atoms with van der Waals surface area (Å²) in [7, 11) is 0. The SMILES string of the molecule is N[C@H]1CN(c2ncc(-c3noc(COC4CCN(C(=O)O)CC4)n3)cn2)C[C@@H]1c1cc(F)ccc1F. The average molecular weight is 501 g/mol. The number of aromatic nitrogens is 4. The molecule has 0 spiro atoms. The zero-order chi connectivity index (χ0) is 25.2. The van der Waals surface area contributed by atoms with Crippen molar-refractivity contribution in [2.75, 3.05) is 31.1 Å². The van der Waals surface area contributed by atoms with Gasteiger partial charge in [0, 0.05) is 50.5 Å². The maximum atomic E-state index is 14.2. The first-order chi connectivity index (χ1) is 17.4. The normalized spacial score (nSPS) is 20.8. The minimum absolute atomic E-state index is 0.0740. The van der Waals surface area contributed by atoms with Gasteiger partial charge in [-0.05, 0) is 36.6 Å². The van der Waals surface area contributed by atoms with Crippen molar-refractivity contribution in [1.82, 2.24) is 25.0 Å². The number of anilines is 1. The van der Waals surface area contributed by atoms with Gasteiger partial charge in [0.15, 0.2) is 0 Å². The largest absolute Gasteiger partial charge is 0.465 e. The van der Waals surface area contributed by atoms with Gasteiger partial charge in [-0.25, -0.2) is 23.5 Å². The van der Waals surface area contributed by atoms with E-state index in [1.807, 2.05) is 4.90 Å². The number of piperidine rings is 1. The van der Waals surface area contributed by atoms with E-state index in [4.69, 9.17) is 20.1 Å². The van der Waals surface area contributed by atoms with Crippen LogP contribution in [0.15, 0.2) is 35.1 Å². The third kappa shape index (κ3) is 5.11. The van der Waals surface area contributed by atoms with Crippen LogP contribution in [0.3, 0.4) is 0 Å². The highest BCUT2D eigenvalue weighted by molar-refractivity contribution is 5.65. The summed E-state index contributed by atoms with van der Waals surface area (Å²) in [5.74, 6) is -0.379. The molecule has 3 aromatic rings. The summed E-state index contributed by atoms with van der Waals surface area (Å²) in [5, 5.41) is 13.0. The lowest BCUT2D eigenvalue weighted by Crippen LogP contribution is -2.40. The molecule has 2 atom stereocenters. The van der Waals surface area contributed by atoms with Gasteiger partial charge in [-0.3, -0.25) is 0 Å². The summed E-state index contributed by atoms with van der Waals surface area (Å²) in [6, 6.07) is 2.97. The number of ether oxygens (including phenoxy) is 1. The molecule has 13 heteroatoms. The summed E-state index contributed by atoms with van der Waals surface area (Å²) >= 11 is 0. The van der Waals surface area contributed by atoms with E-state index >= 15 is 0 Å². The second kappa shape index (κ2) is 10.1. The number of amides is 1. The van der Waals surface area contributed by atoms with Crippen LogP contribution in [-0.4, -0.2) is 74.5 Å². The summed E-state index contributed by atoms with van der Waals surface area (Å²) < 4.78 is 38.9. The van der Waals surface area contributed by atoms with E-state index in [1.165, 1.54) is 11.0 Å². The number of nitrogens with two attached hydrogens (primary N) is 1. The van der Waals surface area contributed by atoms with E-state index < -0.39 is 23.8 Å². The number of likely N-dealkylation sites (tertiary alicyclic amines) is 1. The molecular weight excluding hydrogens is 476 g/mol. The van der Waals surface area contributed by atoms with Gasteiger partial charge < -0.3 is 29.9 Å². The lowest BCUT2D eigenvalue weighted by molar-refractivity contribution is -0.00953. The second-order valence-corrected chi connectivity index (χ2v) is 8.90. The minimum Gasteiger partial charge on any atom is -0.465 e. The van der Waals surface area contributed by atoms with Gasteiger partial charge in [-0.1, -0.05) is 5.16 Å². The van der Waals surface area contributed by atoms with Gasteiger partial charge in [0.25, 0.3) is 5.89 Å². The number of carbonyl (C=O) groups is 1. The van der Waals surface area contributed by atoms with Gasteiger partial charge in [0.1, 0.15) is 18.2 Å². The van der Waals surface area contributed by atoms with Crippen molar-refractivity contribution in [2.45, 2.75) is 37.5 Å². The molecule has 0 radical (unpaired) electrons. The van der Waals surface area contributed by atoms with Gasteiger partial charge >= 0.3 is 6.09 Å². The molecule has 0 bridgehead atoms. The van der Waals surface area contributed by atoms with E-state index in [0.29, 0.717) is 62.2 Å². The van der Waals surface area contributed by atoms with Crippen LogP contribution in [0.25, 0.3) is 11.4 Å². The Kier molecular flexibility index (Phi) is 6.74. The second-order valence-electron chi connectivity index (χ2n) is 8.90. The Balaban J connectivity index is 1.18. The molecule has 2 saturated heterocycles. The van der Waals surface area contributed by atoms with Crippen LogP contribution in [0.5, 0.6) is 0 Å². The lowest BCUT2D eigenvalue weighted by Gasteiger charge is -2.29. The van der Waals surface area contributed by atoms with Crippen LogP contribution in [0, 0.1) is 11.6 Å². The first kappa shape index (κ1) is 24.0. The van der Waals surface area contributed by atoms with E-state index in [0.717, 1.165) is 12.1 Å². The maximum Gasteiger partial charge on any atom is 0.407 e. The molecule has 0 unspecified atom stereocenters. The lowest BCUT2D eigenvalue weighted by atomic mass is 9.94. The predicted molar refractivity (Wildman–Crippen MR) is 122 cm³/mol. The highest BCUT2D eigenvalue weighted by Crippen LogP contribution is 2.31. The average Bonchev–Trinajstić information content (AvgIpc) is 3.51. The van der Waals surface area contributed by atoms with E-state index in [-0.39, 0.29) is 24.2 Å². The van der Waals surface area contributed by atoms with Crippen LogP contribution in [0.2, 0.25) is 0 Å². The zero-order valence-electron chi connectivity index (χ0n) is 19.3. The molecule has 4 heterocycles. The molecule has 1 amide bonds. The number of nitrogens with zero attached hydrogens (tertiary/aromatic N) is 6. The highest BCUT2D eigenvalue weighted by atomic mass is 19.1. The van der Waals surface area contributed by atoms with Gasteiger partial charge in [-0.2, -0.15) is 4.98 Å². The van der Waals surface area contributed by atoms with E-state index in [9.17, 15) is 13.6 Å². The van der Waals surface area contributed by atoms with Gasteiger partial charge in [0.05, 0.1) is 11.7 Å². The molecule has 0 aliphatic carbocycles. The zero-order valence-corrected chi connectivity index (χ0v) is 19.3. The van der Waals surface area contributed by atoms with E-state index in [1.54, 1.807) is 12.4 Å². The Hall–Kier alpha value is -3.71. The fourth-order valence-electron chi connectivity index (χ4n) is 4.55. The minimum atomic E-state index is -0.920. The Bertz CT molecular complexity index is 1220. The topological polar surface area (TPSA) is 144 Å². The molecule has 3 N–H and O–H groups in total. The number of halogens is 2. The number of benzene rings is 1. The highest BCUT2D eigenvalue weighted by Gasteiger charge is 2.34. The Morgan fingerprint density at radius 2 is 1.94 bits per heavy atom. The fourth-order valence-corrected chi connectivity index (χ4v) is 4.55. The molecule has 36 heavy (non-hydrogen) atoms. The van der Waals surface area contributed by atoms with Crippen molar-refractivity contribution in [1.29, 1.82) is 0 Å². The Morgan fingerprint density at radius 1 is 1.19 bits per heavy atom. The summed E-state index contributed by atoms with van der Waals surface area (Å²) in [5.41, 5.74) is 7.01. The monoisotopic (exact) mass is 501 g/mol. The molecule has 11 nitrogen and oxygen atoms in total. The van der Waals surface area contributed by atoms with Gasteiger partial charge in [-0.15, -0.1) is 0 Å². The number of carboxylic acid groups (broad SMARTS) is 1. The number of hydrogen-bond acceptors (Lipinski definition) is 9. The summed E-state index contributed by atoms with van der Waals surface area (Å²) in [6.45, 7) is 1.73. The van der Waals surface area contributed by atoms with Crippen LogP contribution in [0.4, 0.5) is 19.5 Å². The van der Waals surface area contributed by atoms with Crippen molar-refractivity contribution in [3.63, 3.8) is 0 Å². The van der Waals surface area contributed by atoms with Crippen molar-refractivity contribution >= 4 is 12.0 Å². The predicted octanol–water partition coefficient (Wildman–Crippen LogP) is 2.39. The maximum absolute atomic E-state index is 14.2. The van der Waals surface area contributed by atoms with Crippen LogP contribution >= 0.6 is 0 Å². The third-order valence-corrected chi connectivity index (χ3v) is 6.52. The standard InChI is InChI=1S/C23H25F2N7O4/c24-14-1-2-18(25)16(7-14)17-10-32(11-19(17)26)22-27-8-13(9-28-22)21-29-20(36-30-21)12-35-15-3-5-31(6-4-15)23(33)34/h1-2,7-9,15,17,19H,3-6,10-12,26H2,(H,33,34)/t17-,19+/m1/s1. The van der Waals surface area contributed by atoms with Crippen molar-refractivity contribution in [3.8, 4) is 11.4 Å². The Morgan fingerprint density at radius 3 is 2.67 bits per heavy atom. The molecule has 190 valence electrons. The molecule has 2 fully saturated rings. The first-order valence-corrected chi connectivity index (χ1v) is 11.6. The van der Waals surface area contributed by atoms with E-state index in [2.05, 4.69) is 20.1 Å². The van der Waals surface area contributed by atoms with Crippen LogP contribution < -0.4 is 10.6 Å². The van der Waals surface area contributed by atoms with Gasteiger partial charge in [0.2, 0.25) is 11.8 Å². The summed E-state index contributed by atoms with van der Waals surface area (Å²) in [4.78, 5) is 27.3. The van der Waals surface area contributed by atoms with Crippen molar-refractivity contribution < 1.29 is 27.9 Å². The molecule has 1 aromatic carbocycles. The molecule has 5 rings (SSSR count). The molecule has 2 aliphatic heterocycles. The molecule has 2 aliphatic rings. The Labute approximate surface area is 204 Å². The van der Waals surface area contributed by atoms with Crippen molar-refractivity contribution in [3.05, 3.63) is 53.7 Å². The quantitative estimate of drug-likeness (QED) is 0.517. The number of rotatable bonds is 6.